The quantitative estimate of drug-likeness (QED) is 0.617. The Bertz CT molecular complexity index is 303. The highest BCUT2D eigenvalue weighted by Gasteiger charge is 2.13. The molecule has 0 aromatic heterocycles. The van der Waals surface area contributed by atoms with Crippen LogP contribution in [0.1, 0.15) is 13.8 Å². The summed E-state index contributed by atoms with van der Waals surface area (Å²) in [6, 6.07) is 9.82. The van der Waals surface area contributed by atoms with Crippen molar-refractivity contribution in [3.63, 3.8) is 0 Å². The predicted octanol–water partition coefficient (Wildman–Crippen LogP) is 2.23. The van der Waals surface area contributed by atoms with Gasteiger partial charge < -0.3 is 0 Å². The number of benzene rings is 1. The molecule has 3 nitrogen and oxygen atoms in total. The van der Waals surface area contributed by atoms with Gasteiger partial charge in [0.1, 0.15) is 0 Å². The van der Waals surface area contributed by atoms with Gasteiger partial charge in [-0.2, -0.15) is 0 Å². The lowest BCUT2D eigenvalue weighted by molar-refractivity contribution is -0.132. The normalized spacial score (nSPS) is 12.1. The number of rotatable bonds is 5. The van der Waals surface area contributed by atoms with Crippen LogP contribution in [0.15, 0.2) is 35.2 Å². The summed E-state index contributed by atoms with van der Waals surface area (Å²) in [5.74, 6) is -0.106. The molecule has 15 heavy (non-hydrogen) atoms. The first-order chi connectivity index (χ1) is 7.24. The summed E-state index contributed by atoms with van der Waals surface area (Å²) in [5.41, 5.74) is 2.39. The Morgan fingerprint density at radius 3 is 2.73 bits per heavy atom. The van der Waals surface area contributed by atoms with Crippen molar-refractivity contribution in [2.75, 3.05) is 6.61 Å². The first-order valence-electron chi connectivity index (χ1n) is 4.87. The van der Waals surface area contributed by atoms with Crippen LogP contribution in [0.4, 0.5) is 0 Å². The van der Waals surface area contributed by atoms with E-state index in [1.54, 1.807) is 0 Å². The van der Waals surface area contributed by atoms with E-state index in [0.717, 1.165) is 4.90 Å². The molecule has 0 bridgehead atoms. The second-order valence-corrected chi connectivity index (χ2v) is 4.39. The second-order valence-electron chi connectivity index (χ2n) is 2.97. The van der Waals surface area contributed by atoms with Crippen LogP contribution in [0.3, 0.4) is 0 Å². The van der Waals surface area contributed by atoms with E-state index in [2.05, 4.69) is 5.48 Å². The first-order valence-corrected chi connectivity index (χ1v) is 5.75. The van der Waals surface area contributed by atoms with Crippen LogP contribution in [-0.2, 0) is 9.63 Å². The average molecular weight is 225 g/mol. The lowest BCUT2D eigenvalue weighted by Gasteiger charge is -2.10. The summed E-state index contributed by atoms with van der Waals surface area (Å²) in [6.07, 6.45) is 0. The Morgan fingerprint density at radius 2 is 2.13 bits per heavy atom. The molecule has 0 aliphatic heterocycles. The van der Waals surface area contributed by atoms with Gasteiger partial charge in [0.05, 0.1) is 11.9 Å². The van der Waals surface area contributed by atoms with Gasteiger partial charge >= 0.3 is 0 Å². The molecule has 0 fully saturated rings. The molecule has 1 amide bonds. The highest BCUT2D eigenvalue weighted by Crippen LogP contribution is 2.22. The van der Waals surface area contributed by atoms with Crippen molar-refractivity contribution < 1.29 is 9.63 Å². The van der Waals surface area contributed by atoms with Crippen molar-refractivity contribution in [1.29, 1.82) is 0 Å². The molecule has 1 rings (SSSR count). The van der Waals surface area contributed by atoms with E-state index in [1.165, 1.54) is 11.8 Å². The van der Waals surface area contributed by atoms with Gasteiger partial charge in [0.15, 0.2) is 0 Å². The summed E-state index contributed by atoms with van der Waals surface area (Å²) in [7, 11) is 0. The molecule has 1 atom stereocenters. The van der Waals surface area contributed by atoms with E-state index in [9.17, 15) is 4.79 Å². The SMILES string of the molecule is CCONC(=O)[C@@H](C)Sc1ccccc1. The Kier molecular flexibility index (Phi) is 5.21. The fourth-order valence-corrected chi connectivity index (χ4v) is 1.86. The number of hydrogen-bond acceptors (Lipinski definition) is 3. The molecule has 0 spiro atoms. The Balaban J connectivity index is 2.41. The molecule has 82 valence electrons. The lowest BCUT2D eigenvalue weighted by atomic mass is 10.4. The number of thioether (sulfide) groups is 1. The third kappa shape index (κ3) is 4.36. The van der Waals surface area contributed by atoms with Crippen LogP contribution in [-0.4, -0.2) is 17.8 Å². The molecule has 0 heterocycles. The van der Waals surface area contributed by atoms with E-state index in [0.29, 0.717) is 6.61 Å². The van der Waals surface area contributed by atoms with Crippen LogP contribution in [0, 0.1) is 0 Å². The maximum atomic E-state index is 11.4. The van der Waals surface area contributed by atoms with Crippen LogP contribution < -0.4 is 5.48 Å². The Hall–Kier alpha value is -1.00. The summed E-state index contributed by atoms with van der Waals surface area (Å²) < 4.78 is 0. The zero-order valence-electron chi connectivity index (χ0n) is 8.90. The Morgan fingerprint density at radius 1 is 1.47 bits per heavy atom. The fourth-order valence-electron chi connectivity index (χ4n) is 0.983. The molecule has 0 saturated heterocycles. The van der Waals surface area contributed by atoms with E-state index in [-0.39, 0.29) is 11.2 Å². The first kappa shape index (κ1) is 12.1. The average Bonchev–Trinajstić information content (AvgIpc) is 2.27. The van der Waals surface area contributed by atoms with E-state index < -0.39 is 0 Å². The van der Waals surface area contributed by atoms with Crippen molar-refractivity contribution >= 4 is 17.7 Å². The van der Waals surface area contributed by atoms with Crippen LogP contribution in [0.5, 0.6) is 0 Å². The number of nitrogens with one attached hydrogen (secondary N) is 1. The molecule has 0 radical (unpaired) electrons. The van der Waals surface area contributed by atoms with Gasteiger partial charge in [-0.15, -0.1) is 11.8 Å². The maximum Gasteiger partial charge on any atom is 0.256 e. The molecular formula is C11H15NO2S. The van der Waals surface area contributed by atoms with Crippen LogP contribution in [0.2, 0.25) is 0 Å². The number of hydrogen-bond donors (Lipinski definition) is 1. The predicted molar refractivity (Wildman–Crippen MR) is 61.5 cm³/mol. The van der Waals surface area contributed by atoms with Gasteiger partial charge in [0, 0.05) is 4.90 Å². The summed E-state index contributed by atoms with van der Waals surface area (Å²) in [5, 5.41) is -0.154. The van der Waals surface area contributed by atoms with Crippen molar-refractivity contribution in [2.45, 2.75) is 24.0 Å². The standard InChI is InChI=1S/C11H15NO2S/c1-3-14-12-11(13)9(2)15-10-7-5-4-6-8-10/h4-9H,3H2,1-2H3,(H,12,13)/t9-/m1/s1. The van der Waals surface area contributed by atoms with E-state index >= 15 is 0 Å². The molecule has 1 aromatic rings. The highest BCUT2D eigenvalue weighted by atomic mass is 32.2. The maximum absolute atomic E-state index is 11.4. The lowest BCUT2D eigenvalue weighted by Crippen LogP contribution is -2.30. The van der Waals surface area contributed by atoms with Crippen molar-refractivity contribution in [2.24, 2.45) is 0 Å². The molecule has 0 unspecified atom stereocenters. The van der Waals surface area contributed by atoms with Crippen LogP contribution >= 0.6 is 11.8 Å². The molecule has 0 aliphatic rings. The van der Waals surface area contributed by atoms with Crippen molar-refractivity contribution in [3.8, 4) is 0 Å². The second kappa shape index (κ2) is 6.48. The minimum Gasteiger partial charge on any atom is -0.274 e. The molecule has 1 N–H and O–H groups in total. The van der Waals surface area contributed by atoms with E-state index in [4.69, 9.17) is 4.84 Å². The molecule has 0 saturated carbocycles. The van der Waals surface area contributed by atoms with Gasteiger partial charge in [-0.3, -0.25) is 9.63 Å². The van der Waals surface area contributed by atoms with Gasteiger partial charge in [0.25, 0.3) is 5.91 Å². The van der Waals surface area contributed by atoms with Gasteiger partial charge in [-0.05, 0) is 26.0 Å². The minimum absolute atomic E-state index is 0.106. The molecule has 1 aromatic carbocycles. The Labute approximate surface area is 94.2 Å². The topological polar surface area (TPSA) is 38.3 Å². The number of hydroxylamine groups is 1. The number of carbonyl (C=O) groups excluding carboxylic acids is 1. The minimum atomic E-state index is -0.154. The zero-order chi connectivity index (χ0) is 11.1. The van der Waals surface area contributed by atoms with Gasteiger partial charge in [-0.1, -0.05) is 18.2 Å². The third-order valence-corrected chi connectivity index (χ3v) is 2.85. The largest absolute Gasteiger partial charge is 0.274 e. The van der Waals surface area contributed by atoms with Gasteiger partial charge in [-0.25, -0.2) is 5.48 Å². The zero-order valence-corrected chi connectivity index (χ0v) is 9.71. The smallest absolute Gasteiger partial charge is 0.256 e. The monoisotopic (exact) mass is 225 g/mol. The molecule has 4 heteroatoms. The molecular weight excluding hydrogens is 210 g/mol. The summed E-state index contributed by atoms with van der Waals surface area (Å²) in [4.78, 5) is 17.4. The summed E-state index contributed by atoms with van der Waals surface area (Å²) >= 11 is 1.51. The number of amides is 1. The van der Waals surface area contributed by atoms with Crippen molar-refractivity contribution in [1.82, 2.24) is 5.48 Å². The van der Waals surface area contributed by atoms with E-state index in [1.807, 2.05) is 44.2 Å². The van der Waals surface area contributed by atoms with Crippen molar-refractivity contribution in [3.05, 3.63) is 30.3 Å². The van der Waals surface area contributed by atoms with Gasteiger partial charge in [0.2, 0.25) is 0 Å². The third-order valence-electron chi connectivity index (χ3n) is 1.74. The molecule has 0 aliphatic carbocycles. The number of carbonyl (C=O) groups is 1. The highest BCUT2D eigenvalue weighted by molar-refractivity contribution is 8.00. The van der Waals surface area contributed by atoms with Crippen LogP contribution in [0.25, 0.3) is 0 Å². The fraction of sp³-hybridized carbons (Fsp3) is 0.364. The summed E-state index contributed by atoms with van der Waals surface area (Å²) in [6.45, 7) is 4.16.